The lowest BCUT2D eigenvalue weighted by molar-refractivity contribution is -0.124. The summed E-state index contributed by atoms with van der Waals surface area (Å²) in [5.41, 5.74) is 1.33. The van der Waals surface area contributed by atoms with E-state index in [-0.39, 0.29) is 17.4 Å². The predicted molar refractivity (Wildman–Crippen MR) is 93.1 cm³/mol. The molecule has 1 aliphatic rings. The number of ether oxygens (including phenoxy) is 1. The van der Waals surface area contributed by atoms with E-state index in [1.165, 1.54) is 18.4 Å². The second-order valence-electron chi connectivity index (χ2n) is 6.62. The first-order chi connectivity index (χ1) is 11.6. The van der Waals surface area contributed by atoms with Crippen LogP contribution in [0, 0.1) is 0 Å². The third kappa shape index (κ3) is 3.30. The summed E-state index contributed by atoms with van der Waals surface area (Å²) in [7, 11) is 1.68. The van der Waals surface area contributed by atoms with E-state index in [0.717, 1.165) is 18.6 Å². The van der Waals surface area contributed by atoms with Crippen LogP contribution in [0.15, 0.2) is 43.0 Å². The minimum atomic E-state index is -0.248. The van der Waals surface area contributed by atoms with E-state index < -0.39 is 0 Å². The average molecular weight is 327 g/mol. The molecule has 1 saturated carbocycles. The average Bonchev–Trinajstić information content (AvgIpc) is 3.31. The van der Waals surface area contributed by atoms with Crippen molar-refractivity contribution >= 4 is 5.91 Å². The van der Waals surface area contributed by atoms with Crippen molar-refractivity contribution in [1.29, 1.82) is 0 Å². The highest BCUT2D eigenvalue weighted by Crippen LogP contribution is 2.41. The zero-order chi connectivity index (χ0) is 17.0. The molecule has 3 rings (SSSR count). The summed E-state index contributed by atoms with van der Waals surface area (Å²) in [6.45, 7) is 2.57. The van der Waals surface area contributed by atoms with E-state index >= 15 is 0 Å². The maximum atomic E-state index is 12.5. The third-order valence-corrected chi connectivity index (χ3v) is 5.22. The molecule has 1 atom stereocenters. The highest BCUT2D eigenvalue weighted by molar-refractivity contribution is 5.80. The monoisotopic (exact) mass is 327 g/mol. The van der Waals surface area contributed by atoms with Gasteiger partial charge in [0.25, 0.3) is 0 Å². The number of amides is 1. The minimum Gasteiger partial charge on any atom is -0.497 e. The zero-order valence-electron chi connectivity index (χ0n) is 14.4. The van der Waals surface area contributed by atoms with Crippen LogP contribution in [0.25, 0.3) is 0 Å². The van der Waals surface area contributed by atoms with Gasteiger partial charge in [-0.15, -0.1) is 0 Å². The quantitative estimate of drug-likeness (QED) is 0.887. The Labute approximate surface area is 143 Å². The van der Waals surface area contributed by atoms with Crippen molar-refractivity contribution in [2.45, 2.75) is 44.1 Å². The molecule has 128 valence electrons. The van der Waals surface area contributed by atoms with Gasteiger partial charge in [-0.25, -0.2) is 4.98 Å². The van der Waals surface area contributed by atoms with Gasteiger partial charge in [0.2, 0.25) is 5.91 Å². The van der Waals surface area contributed by atoms with Crippen molar-refractivity contribution in [2.24, 2.45) is 0 Å². The third-order valence-electron chi connectivity index (χ3n) is 5.22. The van der Waals surface area contributed by atoms with Crippen LogP contribution in [0.4, 0.5) is 0 Å². The molecule has 0 aliphatic heterocycles. The molecule has 1 aromatic heterocycles. The Hall–Kier alpha value is -2.30. The molecule has 5 heteroatoms. The summed E-state index contributed by atoms with van der Waals surface area (Å²) in [6, 6.07) is 8.03. The molecule has 1 N–H and O–H groups in total. The largest absolute Gasteiger partial charge is 0.497 e. The fourth-order valence-electron chi connectivity index (χ4n) is 3.60. The topological polar surface area (TPSA) is 56.1 Å². The molecule has 24 heavy (non-hydrogen) atoms. The van der Waals surface area contributed by atoms with Crippen LogP contribution in [0.1, 0.15) is 44.2 Å². The number of imidazole rings is 1. The molecule has 0 saturated heterocycles. The summed E-state index contributed by atoms with van der Waals surface area (Å²) >= 11 is 0. The number of methoxy groups -OCH3 is 1. The first kappa shape index (κ1) is 16.6. The van der Waals surface area contributed by atoms with E-state index in [4.69, 9.17) is 4.74 Å². The fraction of sp³-hybridized carbons (Fsp3) is 0.474. The lowest BCUT2D eigenvalue weighted by atomic mass is 9.78. The van der Waals surface area contributed by atoms with Gasteiger partial charge in [0, 0.05) is 24.4 Å². The standard InChI is InChI=1S/C19H25N3O2/c1-15(22-12-11-20-14-22)18(23)21-13-19(9-3-4-10-19)16-5-7-17(24-2)8-6-16/h5-8,11-12,14-15H,3-4,9-10,13H2,1-2H3,(H,21,23)/t15-/m0/s1. The Balaban J connectivity index is 1.70. The molecule has 0 unspecified atom stereocenters. The Morgan fingerprint density at radius 2 is 2.04 bits per heavy atom. The molecule has 1 heterocycles. The number of carbonyl (C=O) groups excluding carboxylic acids is 1. The normalized spacial score (nSPS) is 17.4. The van der Waals surface area contributed by atoms with E-state index in [2.05, 4.69) is 22.4 Å². The van der Waals surface area contributed by atoms with Crippen LogP contribution in [0.2, 0.25) is 0 Å². The molecule has 0 radical (unpaired) electrons. The Bertz CT molecular complexity index is 658. The van der Waals surface area contributed by atoms with Gasteiger partial charge >= 0.3 is 0 Å². The highest BCUT2D eigenvalue weighted by Gasteiger charge is 2.36. The van der Waals surface area contributed by atoms with Gasteiger partial charge in [-0.2, -0.15) is 0 Å². The number of carbonyl (C=O) groups is 1. The summed E-state index contributed by atoms with van der Waals surface area (Å²) < 4.78 is 7.08. The van der Waals surface area contributed by atoms with Gasteiger partial charge in [-0.05, 0) is 37.5 Å². The zero-order valence-corrected chi connectivity index (χ0v) is 14.4. The molecule has 1 aliphatic carbocycles. The molecule has 2 aromatic rings. The fourth-order valence-corrected chi connectivity index (χ4v) is 3.60. The maximum absolute atomic E-state index is 12.5. The smallest absolute Gasteiger partial charge is 0.242 e. The van der Waals surface area contributed by atoms with E-state index in [9.17, 15) is 4.79 Å². The van der Waals surface area contributed by atoms with Gasteiger partial charge in [-0.3, -0.25) is 4.79 Å². The maximum Gasteiger partial charge on any atom is 0.242 e. The van der Waals surface area contributed by atoms with Crippen LogP contribution < -0.4 is 10.1 Å². The van der Waals surface area contributed by atoms with E-state index in [0.29, 0.717) is 6.54 Å². The molecule has 0 spiro atoms. The molecular formula is C19H25N3O2. The molecular weight excluding hydrogens is 302 g/mol. The van der Waals surface area contributed by atoms with Crippen LogP contribution >= 0.6 is 0 Å². The van der Waals surface area contributed by atoms with E-state index in [1.54, 1.807) is 19.6 Å². The van der Waals surface area contributed by atoms with Gasteiger partial charge in [0.15, 0.2) is 0 Å². The Morgan fingerprint density at radius 3 is 2.62 bits per heavy atom. The van der Waals surface area contributed by atoms with Crippen LogP contribution in [0.5, 0.6) is 5.75 Å². The minimum absolute atomic E-state index is 0.0350. The van der Waals surface area contributed by atoms with Crippen LogP contribution in [-0.2, 0) is 10.2 Å². The Kier molecular flexibility index (Phi) is 4.88. The lowest BCUT2D eigenvalue weighted by Crippen LogP contribution is -2.41. The molecule has 1 fully saturated rings. The van der Waals surface area contributed by atoms with Crippen molar-refractivity contribution in [1.82, 2.24) is 14.9 Å². The first-order valence-electron chi connectivity index (χ1n) is 8.54. The lowest BCUT2D eigenvalue weighted by Gasteiger charge is -2.30. The van der Waals surface area contributed by atoms with Crippen molar-refractivity contribution in [2.75, 3.05) is 13.7 Å². The van der Waals surface area contributed by atoms with Gasteiger partial charge in [0.1, 0.15) is 11.8 Å². The van der Waals surface area contributed by atoms with Crippen molar-refractivity contribution in [3.05, 3.63) is 48.5 Å². The summed E-state index contributed by atoms with van der Waals surface area (Å²) in [6.07, 6.45) is 9.83. The van der Waals surface area contributed by atoms with Crippen molar-refractivity contribution in [3.8, 4) is 5.75 Å². The summed E-state index contributed by atoms with van der Waals surface area (Å²) in [5.74, 6) is 0.900. The molecule has 5 nitrogen and oxygen atoms in total. The van der Waals surface area contributed by atoms with Crippen molar-refractivity contribution < 1.29 is 9.53 Å². The number of hydrogen-bond donors (Lipinski definition) is 1. The molecule has 0 bridgehead atoms. The predicted octanol–water partition coefficient (Wildman–Crippen LogP) is 3.08. The highest BCUT2D eigenvalue weighted by atomic mass is 16.5. The van der Waals surface area contributed by atoms with Gasteiger partial charge in [0.05, 0.1) is 13.4 Å². The summed E-state index contributed by atoms with van der Waals surface area (Å²) in [4.78, 5) is 16.5. The van der Waals surface area contributed by atoms with Crippen LogP contribution in [-0.4, -0.2) is 29.1 Å². The first-order valence-corrected chi connectivity index (χ1v) is 8.54. The Morgan fingerprint density at radius 1 is 1.33 bits per heavy atom. The number of nitrogens with zero attached hydrogens (tertiary/aromatic N) is 2. The number of aromatic nitrogens is 2. The number of benzene rings is 1. The van der Waals surface area contributed by atoms with Crippen LogP contribution in [0.3, 0.4) is 0 Å². The molecule has 1 aromatic carbocycles. The number of nitrogens with one attached hydrogen (secondary N) is 1. The SMILES string of the molecule is COc1ccc(C2(CNC(=O)[C@H](C)n3ccnc3)CCCC2)cc1. The summed E-state index contributed by atoms with van der Waals surface area (Å²) in [5, 5.41) is 3.16. The van der Waals surface area contributed by atoms with E-state index in [1.807, 2.05) is 29.8 Å². The number of hydrogen-bond acceptors (Lipinski definition) is 3. The van der Waals surface area contributed by atoms with Crippen molar-refractivity contribution in [3.63, 3.8) is 0 Å². The molecule has 1 amide bonds. The number of rotatable bonds is 6. The second-order valence-corrected chi connectivity index (χ2v) is 6.62. The van der Waals surface area contributed by atoms with Gasteiger partial charge < -0.3 is 14.6 Å². The van der Waals surface area contributed by atoms with Gasteiger partial charge in [-0.1, -0.05) is 25.0 Å². The second kappa shape index (κ2) is 7.07.